The van der Waals surface area contributed by atoms with E-state index in [4.69, 9.17) is 10.5 Å². The minimum absolute atomic E-state index is 0.0222. The molecule has 21 heavy (non-hydrogen) atoms. The highest BCUT2D eigenvalue weighted by molar-refractivity contribution is 5.98. The number of hydrogen-bond acceptors (Lipinski definition) is 4. The Balaban J connectivity index is 2.21. The van der Waals surface area contributed by atoms with Crippen LogP contribution >= 0.6 is 0 Å². The van der Waals surface area contributed by atoms with Gasteiger partial charge in [-0.15, -0.1) is 0 Å². The van der Waals surface area contributed by atoms with E-state index in [1.165, 1.54) is 0 Å². The number of likely N-dealkylation sites (N-methyl/N-ethyl adjacent to an activating group) is 2. The van der Waals surface area contributed by atoms with E-state index in [1.807, 2.05) is 18.9 Å². The largest absolute Gasteiger partial charge is 0.491 e. The highest BCUT2D eigenvalue weighted by Crippen LogP contribution is 2.28. The topological polar surface area (TPSA) is 58.8 Å². The molecule has 2 N–H and O–H groups in total. The molecule has 1 atom stereocenters. The van der Waals surface area contributed by atoms with E-state index in [0.717, 1.165) is 25.9 Å². The van der Waals surface area contributed by atoms with Gasteiger partial charge in [0, 0.05) is 19.6 Å². The Morgan fingerprint density at radius 3 is 2.95 bits per heavy atom. The van der Waals surface area contributed by atoms with E-state index in [9.17, 15) is 4.79 Å². The molecular formula is C16H25N3O2. The van der Waals surface area contributed by atoms with Gasteiger partial charge in [-0.2, -0.15) is 0 Å². The number of benzene rings is 1. The number of nitrogens with zero attached hydrogens (tertiary/aromatic N) is 2. The third-order valence-corrected chi connectivity index (χ3v) is 4.03. The standard InChI is InChI=1S/C16H25N3O2/c1-4-21-15-13(8-5-9-14(15)17)16(20)19(3)12-7-6-10-18(2)11-12/h5,8-9,12H,4,6-7,10-11,17H2,1-3H3. The van der Waals surface area contributed by atoms with Gasteiger partial charge >= 0.3 is 0 Å². The van der Waals surface area contributed by atoms with Gasteiger partial charge in [0.2, 0.25) is 0 Å². The van der Waals surface area contributed by atoms with Crippen LogP contribution < -0.4 is 10.5 Å². The van der Waals surface area contributed by atoms with E-state index in [1.54, 1.807) is 18.2 Å². The molecule has 0 aliphatic carbocycles. The summed E-state index contributed by atoms with van der Waals surface area (Å²) in [6.07, 6.45) is 2.16. The summed E-state index contributed by atoms with van der Waals surface area (Å²) in [7, 11) is 3.96. The summed E-state index contributed by atoms with van der Waals surface area (Å²) < 4.78 is 5.56. The zero-order chi connectivity index (χ0) is 15.4. The van der Waals surface area contributed by atoms with Crippen molar-refractivity contribution in [3.8, 4) is 5.75 Å². The SMILES string of the molecule is CCOc1c(N)cccc1C(=O)N(C)C1CCCN(C)C1. The van der Waals surface area contributed by atoms with Crippen LogP contribution in [0, 0.1) is 0 Å². The first kappa shape index (κ1) is 15.6. The second-order valence-electron chi connectivity index (χ2n) is 5.63. The molecule has 1 fully saturated rings. The number of ether oxygens (including phenoxy) is 1. The van der Waals surface area contributed by atoms with Crippen molar-refractivity contribution in [3.63, 3.8) is 0 Å². The minimum atomic E-state index is -0.0222. The lowest BCUT2D eigenvalue weighted by atomic mass is 10.0. The third kappa shape index (κ3) is 3.47. The van der Waals surface area contributed by atoms with Crippen molar-refractivity contribution in [2.24, 2.45) is 0 Å². The number of carbonyl (C=O) groups excluding carboxylic acids is 1. The van der Waals surface area contributed by atoms with Crippen molar-refractivity contribution in [2.75, 3.05) is 39.5 Å². The highest BCUT2D eigenvalue weighted by Gasteiger charge is 2.27. The van der Waals surface area contributed by atoms with Crippen LogP contribution in [0.1, 0.15) is 30.1 Å². The zero-order valence-corrected chi connectivity index (χ0v) is 13.1. The molecule has 0 bridgehead atoms. The van der Waals surface area contributed by atoms with Crippen LogP contribution in [0.2, 0.25) is 0 Å². The number of amides is 1. The van der Waals surface area contributed by atoms with Crippen molar-refractivity contribution in [1.82, 2.24) is 9.80 Å². The van der Waals surface area contributed by atoms with Gasteiger partial charge in [-0.25, -0.2) is 0 Å². The van der Waals surface area contributed by atoms with Crippen LogP contribution in [0.15, 0.2) is 18.2 Å². The molecule has 5 nitrogen and oxygen atoms in total. The summed E-state index contributed by atoms with van der Waals surface area (Å²) in [5.41, 5.74) is 7.00. The van der Waals surface area contributed by atoms with E-state index >= 15 is 0 Å². The molecule has 0 aromatic heterocycles. The lowest BCUT2D eigenvalue weighted by Crippen LogP contribution is -2.47. The second-order valence-corrected chi connectivity index (χ2v) is 5.63. The first-order valence-electron chi connectivity index (χ1n) is 7.51. The fourth-order valence-corrected chi connectivity index (χ4v) is 2.84. The molecule has 2 rings (SSSR count). The molecule has 0 spiro atoms. The van der Waals surface area contributed by atoms with Crippen molar-refractivity contribution >= 4 is 11.6 Å². The number of carbonyl (C=O) groups is 1. The van der Waals surface area contributed by atoms with Crippen molar-refractivity contribution in [1.29, 1.82) is 0 Å². The average Bonchev–Trinajstić information content (AvgIpc) is 2.48. The van der Waals surface area contributed by atoms with Crippen molar-refractivity contribution < 1.29 is 9.53 Å². The molecule has 0 radical (unpaired) electrons. The van der Waals surface area contributed by atoms with Gasteiger partial charge in [0.25, 0.3) is 5.91 Å². The number of para-hydroxylation sites is 1. The second kappa shape index (κ2) is 6.80. The van der Waals surface area contributed by atoms with Crippen LogP contribution in [0.3, 0.4) is 0 Å². The third-order valence-electron chi connectivity index (χ3n) is 4.03. The minimum Gasteiger partial charge on any atom is -0.491 e. The molecular weight excluding hydrogens is 266 g/mol. The molecule has 116 valence electrons. The maximum atomic E-state index is 12.8. The highest BCUT2D eigenvalue weighted by atomic mass is 16.5. The molecule has 1 aromatic carbocycles. The zero-order valence-electron chi connectivity index (χ0n) is 13.1. The number of piperidine rings is 1. The number of rotatable bonds is 4. The van der Waals surface area contributed by atoms with Gasteiger partial charge in [0.15, 0.2) is 5.75 Å². The predicted octanol–water partition coefficient (Wildman–Crippen LogP) is 1.83. The average molecular weight is 291 g/mol. The maximum Gasteiger partial charge on any atom is 0.257 e. The summed E-state index contributed by atoms with van der Waals surface area (Å²) in [4.78, 5) is 16.9. The lowest BCUT2D eigenvalue weighted by Gasteiger charge is -2.36. The molecule has 1 heterocycles. The lowest BCUT2D eigenvalue weighted by molar-refractivity contribution is 0.0640. The van der Waals surface area contributed by atoms with Crippen LogP contribution in [-0.4, -0.2) is 55.5 Å². The first-order valence-corrected chi connectivity index (χ1v) is 7.51. The van der Waals surface area contributed by atoms with Gasteiger partial charge < -0.3 is 20.3 Å². The Bertz CT molecular complexity index is 504. The first-order chi connectivity index (χ1) is 10.0. The molecule has 1 saturated heterocycles. The number of nitrogen functional groups attached to an aromatic ring is 1. The normalized spacial score (nSPS) is 19.3. The Morgan fingerprint density at radius 2 is 2.29 bits per heavy atom. The fraction of sp³-hybridized carbons (Fsp3) is 0.562. The molecule has 1 aliphatic heterocycles. The van der Waals surface area contributed by atoms with E-state index in [2.05, 4.69) is 11.9 Å². The smallest absolute Gasteiger partial charge is 0.257 e. The Labute approximate surface area is 126 Å². The van der Waals surface area contributed by atoms with Crippen LogP contribution in [0.25, 0.3) is 0 Å². The van der Waals surface area contributed by atoms with Gasteiger partial charge in [0.05, 0.1) is 17.9 Å². The van der Waals surface area contributed by atoms with Crippen molar-refractivity contribution in [2.45, 2.75) is 25.8 Å². The van der Waals surface area contributed by atoms with Crippen LogP contribution in [-0.2, 0) is 0 Å². The number of nitrogens with two attached hydrogens (primary N) is 1. The summed E-state index contributed by atoms with van der Waals surface area (Å²) in [5.74, 6) is 0.479. The summed E-state index contributed by atoms with van der Waals surface area (Å²) in [5, 5.41) is 0. The van der Waals surface area contributed by atoms with E-state index in [0.29, 0.717) is 23.6 Å². The molecule has 1 amide bonds. The van der Waals surface area contributed by atoms with Crippen LogP contribution in [0.4, 0.5) is 5.69 Å². The van der Waals surface area contributed by atoms with Gasteiger partial charge in [0.1, 0.15) is 0 Å². The summed E-state index contributed by atoms with van der Waals surface area (Å²) in [6, 6.07) is 5.58. The quantitative estimate of drug-likeness (QED) is 0.860. The number of likely N-dealkylation sites (tertiary alicyclic amines) is 1. The Kier molecular flexibility index (Phi) is 5.07. The molecule has 1 aromatic rings. The summed E-state index contributed by atoms with van der Waals surface area (Å²) in [6.45, 7) is 4.39. The van der Waals surface area contributed by atoms with Gasteiger partial charge in [-0.05, 0) is 45.5 Å². The molecule has 0 saturated carbocycles. The van der Waals surface area contributed by atoms with Crippen LogP contribution in [0.5, 0.6) is 5.75 Å². The number of hydrogen-bond donors (Lipinski definition) is 1. The van der Waals surface area contributed by atoms with Gasteiger partial charge in [-0.1, -0.05) is 6.07 Å². The van der Waals surface area contributed by atoms with E-state index < -0.39 is 0 Å². The van der Waals surface area contributed by atoms with Gasteiger partial charge in [-0.3, -0.25) is 4.79 Å². The predicted molar refractivity (Wildman–Crippen MR) is 84.6 cm³/mol. The molecule has 1 unspecified atom stereocenters. The van der Waals surface area contributed by atoms with Crippen molar-refractivity contribution in [3.05, 3.63) is 23.8 Å². The Morgan fingerprint density at radius 1 is 1.52 bits per heavy atom. The molecule has 1 aliphatic rings. The maximum absolute atomic E-state index is 12.8. The summed E-state index contributed by atoms with van der Waals surface area (Å²) >= 11 is 0. The van der Waals surface area contributed by atoms with E-state index in [-0.39, 0.29) is 11.9 Å². The number of anilines is 1. The monoisotopic (exact) mass is 291 g/mol. The molecule has 5 heteroatoms. The fourth-order valence-electron chi connectivity index (χ4n) is 2.84. The Hall–Kier alpha value is -1.75.